The molecular weight excluding hydrogens is 388 g/mol. The van der Waals surface area contributed by atoms with E-state index >= 15 is 0 Å². The average molecular weight is 405 g/mol. The molecule has 1 saturated heterocycles. The van der Waals surface area contributed by atoms with Crippen LogP contribution in [0.2, 0.25) is 5.02 Å². The lowest BCUT2D eigenvalue weighted by molar-refractivity contribution is -0.132. The van der Waals surface area contributed by atoms with Crippen LogP contribution in [-0.2, 0) is 9.59 Å². The predicted molar refractivity (Wildman–Crippen MR) is 112 cm³/mol. The maximum absolute atomic E-state index is 13.0. The molecule has 1 N–H and O–H groups in total. The SMILES string of the molecule is Cc1cccnc1N1C(=O)C(=O)/C(=C(/O)c2ccccc2)C1c1ccccc1Cl. The second-order valence-electron chi connectivity index (χ2n) is 6.70. The Labute approximate surface area is 172 Å². The highest BCUT2D eigenvalue weighted by molar-refractivity contribution is 6.52. The minimum absolute atomic E-state index is 0.0145. The van der Waals surface area contributed by atoms with Crippen molar-refractivity contribution in [2.24, 2.45) is 0 Å². The second kappa shape index (κ2) is 7.53. The number of ketones is 1. The van der Waals surface area contributed by atoms with Crippen LogP contribution in [0.15, 0.2) is 78.5 Å². The monoisotopic (exact) mass is 404 g/mol. The second-order valence-corrected chi connectivity index (χ2v) is 7.11. The van der Waals surface area contributed by atoms with E-state index < -0.39 is 17.7 Å². The van der Waals surface area contributed by atoms with Crippen LogP contribution in [0.1, 0.15) is 22.7 Å². The van der Waals surface area contributed by atoms with E-state index in [1.54, 1.807) is 66.9 Å². The summed E-state index contributed by atoms with van der Waals surface area (Å²) in [6.45, 7) is 1.81. The summed E-state index contributed by atoms with van der Waals surface area (Å²) >= 11 is 6.43. The van der Waals surface area contributed by atoms with Gasteiger partial charge in [0.15, 0.2) is 0 Å². The normalized spacial score (nSPS) is 18.3. The van der Waals surface area contributed by atoms with Gasteiger partial charge in [0.1, 0.15) is 11.6 Å². The highest BCUT2D eigenvalue weighted by Gasteiger charge is 2.48. The molecule has 4 rings (SSSR count). The summed E-state index contributed by atoms with van der Waals surface area (Å²) < 4.78 is 0. The van der Waals surface area contributed by atoms with Crippen LogP contribution >= 0.6 is 11.6 Å². The highest BCUT2D eigenvalue weighted by Crippen LogP contribution is 2.44. The van der Waals surface area contributed by atoms with Crippen molar-refractivity contribution in [1.82, 2.24) is 4.98 Å². The van der Waals surface area contributed by atoms with Crippen LogP contribution in [-0.4, -0.2) is 21.8 Å². The molecule has 1 aliphatic heterocycles. The number of aliphatic hydroxyl groups excluding tert-OH is 1. The van der Waals surface area contributed by atoms with Gasteiger partial charge in [0, 0.05) is 16.8 Å². The fraction of sp³-hybridized carbons (Fsp3) is 0.0870. The Hall–Kier alpha value is -3.44. The number of aryl methyl sites for hydroxylation is 1. The molecule has 0 bridgehead atoms. The molecular formula is C23H17ClN2O3. The lowest BCUT2D eigenvalue weighted by Gasteiger charge is -2.26. The van der Waals surface area contributed by atoms with Gasteiger partial charge in [-0.25, -0.2) is 4.98 Å². The molecule has 1 aliphatic rings. The Bertz CT molecular complexity index is 1140. The summed E-state index contributed by atoms with van der Waals surface area (Å²) in [6.07, 6.45) is 1.56. The van der Waals surface area contributed by atoms with Crippen LogP contribution in [0.25, 0.3) is 5.76 Å². The zero-order chi connectivity index (χ0) is 20.5. The number of anilines is 1. The minimum Gasteiger partial charge on any atom is -0.507 e. The van der Waals surface area contributed by atoms with E-state index in [9.17, 15) is 14.7 Å². The number of aromatic nitrogens is 1. The molecule has 29 heavy (non-hydrogen) atoms. The first-order valence-corrected chi connectivity index (χ1v) is 9.41. The molecule has 1 fully saturated rings. The number of aliphatic hydroxyl groups is 1. The standard InChI is InChI=1S/C23H17ClN2O3/c1-14-8-7-13-25-22(14)26-19(16-11-5-6-12-17(16)24)18(21(28)23(26)29)20(27)15-9-3-2-4-10-15/h2-13,19,27H,1H3/b20-18+. The Balaban J connectivity index is 2.01. The van der Waals surface area contributed by atoms with Crippen LogP contribution in [0.5, 0.6) is 0 Å². The van der Waals surface area contributed by atoms with Crippen LogP contribution in [0, 0.1) is 6.92 Å². The van der Waals surface area contributed by atoms with Crippen molar-refractivity contribution in [3.8, 4) is 0 Å². The van der Waals surface area contributed by atoms with Gasteiger partial charge in [-0.05, 0) is 30.2 Å². The van der Waals surface area contributed by atoms with Gasteiger partial charge in [0.2, 0.25) is 0 Å². The number of pyridine rings is 1. The summed E-state index contributed by atoms with van der Waals surface area (Å²) in [5.74, 6) is -1.42. The van der Waals surface area contributed by atoms with Gasteiger partial charge in [0.25, 0.3) is 5.78 Å². The van der Waals surface area contributed by atoms with Gasteiger partial charge in [-0.2, -0.15) is 0 Å². The molecule has 0 aliphatic carbocycles. The Morgan fingerprint density at radius 1 is 1.00 bits per heavy atom. The first-order valence-electron chi connectivity index (χ1n) is 9.03. The van der Waals surface area contributed by atoms with E-state index in [1.807, 2.05) is 13.0 Å². The molecule has 1 aromatic heterocycles. The smallest absolute Gasteiger partial charge is 0.301 e. The van der Waals surface area contributed by atoms with Crippen molar-refractivity contribution in [3.63, 3.8) is 0 Å². The van der Waals surface area contributed by atoms with E-state index in [0.717, 1.165) is 5.56 Å². The van der Waals surface area contributed by atoms with Crippen LogP contribution in [0.4, 0.5) is 5.82 Å². The molecule has 0 saturated carbocycles. The number of rotatable bonds is 3. The van der Waals surface area contributed by atoms with Crippen molar-refractivity contribution >= 4 is 34.9 Å². The van der Waals surface area contributed by atoms with E-state index in [-0.39, 0.29) is 11.3 Å². The van der Waals surface area contributed by atoms with E-state index in [4.69, 9.17) is 11.6 Å². The zero-order valence-corrected chi connectivity index (χ0v) is 16.3. The first-order chi connectivity index (χ1) is 14.0. The molecule has 1 amide bonds. The maximum Gasteiger partial charge on any atom is 0.301 e. The number of carbonyl (C=O) groups is 2. The van der Waals surface area contributed by atoms with Gasteiger partial charge in [0.05, 0.1) is 11.6 Å². The Morgan fingerprint density at radius 2 is 1.69 bits per heavy atom. The molecule has 0 radical (unpaired) electrons. The zero-order valence-electron chi connectivity index (χ0n) is 15.5. The predicted octanol–water partition coefficient (Wildman–Crippen LogP) is 4.67. The number of amides is 1. The molecule has 144 valence electrons. The summed E-state index contributed by atoms with van der Waals surface area (Å²) in [5, 5.41) is 11.4. The molecule has 3 aromatic rings. The largest absolute Gasteiger partial charge is 0.507 e. The number of halogens is 1. The van der Waals surface area contributed by atoms with E-state index in [2.05, 4.69) is 4.98 Å². The van der Waals surface area contributed by atoms with E-state index in [0.29, 0.717) is 22.0 Å². The number of Topliss-reactive ketones (excluding diaryl/α,β-unsaturated/α-hetero) is 1. The van der Waals surface area contributed by atoms with Gasteiger partial charge in [-0.15, -0.1) is 0 Å². The van der Waals surface area contributed by atoms with E-state index in [1.165, 1.54) is 4.90 Å². The third-order valence-corrected chi connectivity index (χ3v) is 5.25. The first kappa shape index (κ1) is 18.9. The fourth-order valence-corrected chi connectivity index (χ4v) is 3.76. The summed E-state index contributed by atoms with van der Waals surface area (Å²) in [6, 6.07) is 18.3. The lowest BCUT2D eigenvalue weighted by atomic mass is 9.95. The molecule has 0 spiro atoms. The van der Waals surface area contributed by atoms with Crippen LogP contribution in [0.3, 0.4) is 0 Å². The van der Waals surface area contributed by atoms with Gasteiger partial charge in [-0.1, -0.05) is 66.2 Å². The topological polar surface area (TPSA) is 70.5 Å². The summed E-state index contributed by atoms with van der Waals surface area (Å²) in [7, 11) is 0. The Morgan fingerprint density at radius 3 is 2.38 bits per heavy atom. The number of hydrogen-bond acceptors (Lipinski definition) is 4. The number of carbonyl (C=O) groups excluding carboxylic acids is 2. The van der Waals surface area contributed by atoms with Crippen molar-refractivity contribution in [3.05, 3.63) is 100 Å². The molecule has 2 aromatic carbocycles. The molecule has 2 heterocycles. The number of nitrogens with zero attached hydrogens (tertiary/aromatic N) is 2. The quantitative estimate of drug-likeness (QED) is 0.391. The van der Waals surface area contributed by atoms with Crippen molar-refractivity contribution in [2.45, 2.75) is 13.0 Å². The molecule has 5 nitrogen and oxygen atoms in total. The molecule has 1 atom stereocenters. The van der Waals surface area contributed by atoms with Crippen LogP contribution < -0.4 is 4.90 Å². The summed E-state index contributed by atoms with van der Waals surface area (Å²) in [4.78, 5) is 31.7. The number of benzene rings is 2. The van der Waals surface area contributed by atoms with Crippen molar-refractivity contribution < 1.29 is 14.7 Å². The minimum atomic E-state index is -0.891. The van der Waals surface area contributed by atoms with Gasteiger partial charge < -0.3 is 5.11 Å². The van der Waals surface area contributed by atoms with Gasteiger partial charge in [-0.3, -0.25) is 14.5 Å². The molecule has 6 heteroatoms. The third-order valence-electron chi connectivity index (χ3n) is 4.90. The highest BCUT2D eigenvalue weighted by atomic mass is 35.5. The van der Waals surface area contributed by atoms with Gasteiger partial charge >= 0.3 is 5.91 Å². The van der Waals surface area contributed by atoms with Crippen molar-refractivity contribution in [1.29, 1.82) is 0 Å². The number of hydrogen-bond donors (Lipinski definition) is 1. The molecule has 1 unspecified atom stereocenters. The maximum atomic E-state index is 13.0. The fourth-order valence-electron chi connectivity index (χ4n) is 3.52. The summed E-state index contributed by atoms with van der Waals surface area (Å²) in [5.41, 5.74) is 1.70. The van der Waals surface area contributed by atoms with Crippen molar-refractivity contribution in [2.75, 3.05) is 4.90 Å². The lowest BCUT2D eigenvalue weighted by Crippen LogP contribution is -2.31. The Kier molecular flexibility index (Phi) is 4.91. The average Bonchev–Trinajstić information content (AvgIpc) is 2.99. The third kappa shape index (κ3) is 3.19.